The third-order valence-corrected chi connectivity index (χ3v) is 6.94. The highest BCUT2D eigenvalue weighted by molar-refractivity contribution is 8.00. The van der Waals surface area contributed by atoms with Gasteiger partial charge in [0.15, 0.2) is 0 Å². The topological polar surface area (TPSA) is 52.7 Å². The van der Waals surface area contributed by atoms with E-state index in [2.05, 4.69) is 5.32 Å². The Morgan fingerprint density at radius 1 is 0.964 bits per heavy atom. The molecule has 28 heavy (non-hydrogen) atoms. The van der Waals surface area contributed by atoms with E-state index in [-0.39, 0.29) is 22.4 Å². The average molecular weight is 399 g/mol. The van der Waals surface area contributed by atoms with Crippen LogP contribution in [0.2, 0.25) is 0 Å². The summed E-state index contributed by atoms with van der Waals surface area (Å²) in [5.41, 5.74) is 0.882. The first-order valence-corrected chi connectivity index (χ1v) is 10.4. The lowest BCUT2D eigenvalue weighted by Gasteiger charge is -2.44. The third-order valence-electron chi connectivity index (χ3n) is 5.38. The highest BCUT2D eigenvalue weighted by Crippen LogP contribution is 2.44. The van der Waals surface area contributed by atoms with Crippen LogP contribution >= 0.6 is 11.8 Å². The normalized spacial score (nSPS) is 18.3. The molecule has 2 aliphatic heterocycles. The molecule has 0 saturated carbocycles. The molecule has 0 atom stereocenters. The van der Waals surface area contributed by atoms with Crippen LogP contribution in [0.25, 0.3) is 0 Å². The van der Waals surface area contributed by atoms with E-state index in [0.717, 1.165) is 11.4 Å². The Bertz CT molecular complexity index is 869. The first-order valence-electron chi connectivity index (χ1n) is 9.40. The predicted molar refractivity (Wildman–Crippen MR) is 109 cm³/mol. The van der Waals surface area contributed by atoms with E-state index in [4.69, 9.17) is 0 Å². The Kier molecular flexibility index (Phi) is 5.26. The number of carbonyl (C=O) groups excluding carboxylic acids is 2. The number of hydrogen-bond acceptors (Lipinski definition) is 3. The quantitative estimate of drug-likeness (QED) is 0.829. The number of urea groups is 1. The van der Waals surface area contributed by atoms with E-state index in [0.29, 0.717) is 32.5 Å². The molecular formula is C21H22FN3O2S. The number of amides is 3. The van der Waals surface area contributed by atoms with Gasteiger partial charge in [0.05, 0.1) is 10.4 Å². The van der Waals surface area contributed by atoms with Crippen LogP contribution in [-0.4, -0.2) is 52.0 Å². The maximum atomic E-state index is 14.1. The zero-order chi connectivity index (χ0) is 19.6. The lowest BCUT2D eigenvalue weighted by molar-refractivity contribution is 0.0581. The Morgan fingerprint density at radius 3 is 2.36 bits per heavy atom. The second-order valence-electron chi connectivity index (χ2n) is 7.01. The van der Waals surface area contributed by atoms with Crippen molar-refractivity contribution in [1.29, 1.82) is 0 Å². The van der Waals surface area contributed by atoms with Crippen LogP contribution in [-0.2, 0) is 0 Å². The van der Waals surface area contributed by atoms with Gasteiger partial charge in [-0.2, -0.15) is 0 Å². The number of benzene rings is 2. The van der Waals surface area contributed by atoms with Gasteiger partial charge in [-0.1, -0.05) is 30.3 Å². The fourth-order valence-corrected chi connectivity index (χ4v) is 5.33. The van der Waals surface area contributed by atoms with Crippen molar-refractivity contribution in [2.24, 2.45) is 0 Å². The third kappa shape index (κ3) is 3.58. The van der Waals surface area contributed by atoms with Crippen molar-refractivity contribution in [2.45, 2.75) is 17.7 Å². The Labute approximate surface area is 167 Å². The summed E-state index contributed by atoms with van der Waals surface area (Å²) < 4.78 is 14.1. The first-order chi connectivity index (χ1) is 13.6. The van der Waals surface area contributed by atoms with Gasteiger partial charge >= 0.3 is 6.03 Å². The van der Waals surface area contributed by atoms with Gasteiger partial charge in [0.1, 0.15) is 5.82 Å². The second-order valence-corrected chi connectivity index (χ2v) is 8.47. The van der Waals surface area contributed by atoms with Crippen molar-refractivity contribution in [3.8, 4) is 0 Å². The smallest absolute Gasteiger partial charge is 0.321 e. The maximum Gasteiger partial charge on any atom is 0.321 e. The van der Waals surface area contributed by atoms with E-state index in [1.54, 1.807) is 28.8 Å². The molecule has 4 rings (SSSR count). The molecule has 7 heteroatoms. The van der Waals surface area contributed by atoms with E-state index in [1.807, 2.05) is 35.2 Å². The van der Waals surface area contributed by atoms with Gasteiger partial charge in [0, 0.05) is 31.1 Å². The summed E-state index contributed by atoms with van der Waals surface area (Å²) in [4.78, 5) is 28.7. The molecule has 0 radical (unpaired) electrons. The highest BCUT2D eigenvalue weighted by atomic mass is 32.2. The van der Waals surface area contributed by atoms with Crippen molar-refractivity contribution >= 4 is 29.4 Å². The predicted octanol–water partition coefficient (Wildman–Crippen LogP) is 4.04. The summed E-state index contributed by atoms with van der Waals surface area (Å²) >= 11 is 1.74. The van der Waals surface area contributed by atoms with Crippen molar-refractivity contribution in [3.63, 3.8) is 0 Å². The summed E-state index contributed by atoms with van der Waals surface area (Å²) in [7, 11) is 0. The summed E-state index contributed by atoms with van der Waals surface area (Å²) in [5.74, 6) is 0.0839. The van der Waals surface area contributed by atoms with Crippen LogP contribution in [0.4, 0.5) is 14.9 Å². The molecule has 1 N–H and O–H groups in total. The molecule has 2 saturated heterocycles. The van der Waals surface area contributed by atoms with Gasteiger partial charge in [-0.05, 0) is 37.1 Å². The van der Waals surface area contributed by atoms with Crippen LogP contribution in [0.3, 0.4) is 0 Å². The largest absolute Gasteiger partial charge is 0.324 e. The summed E-state index contributed by atoms with van der Waals surface area (Å²) in [6.45, 7) is 1.73. The van der Waals surface area contributed by atoms with E-state index in [9.17, 15) is 14.0 Å². The summed E-state index contributed by atoms with van der Waals surface area (Å²) in [5, 5.41) is 2.91. The molecule has 0 aliphatic carbocycles. The van der Waals surface area contributed by atoms with Crippen molar-refractivity contribution in [2.75, 3.05) is 30.7 Å². The van der Waals surface area contributed by atoms with Crippen molar-refractivity contribution in [3.05, 3.63) is 66.0 Å². The molecule has 2 aromatic carbocycles. The van der Waals surface area contributed by atoms with Gasteiger partial charge in [0.2, 0.25) is 0 Å². The fourth-order valence-electron chi connectivity index (χ4n) is 3.87. The van der Waals surface area contributed by atoms with Crippen LogP contribution in [0.1, 0.15) is 23.2 Å². The minimum Gasteiger partial charge on any atom is -0.324 e. The molecule has 5 nitrogen and oxygen atoms in total. The highest BCUT2D eigenvalue weighted by Gasteiger charge is 2.47. The minimum atomic E-state index is -0.487. The van der Waals surface area contributed by atoms with Crippen LogP contribution in [0.5, 0.6) is 0 Å². The number of piperidine rings is 1. The van der Waals surface area contributed by atoms with Gasteiger partial charge in [-0.3, -0.25) is 4.79 Å². The number of para-hydroxylation sites is 1. The average Bonchev–Trinajstić information content (AvgIpc) is 3.12. The number of carbonyl (C=O) groups is 2. The number of hydrogen-bond donors (Lipinski definition) is 1. The molecule has 0 bridgehead atoms. The first kappa shape index (κ1) is 18.8. The number of anilines is 1. The van der Waals surface area contributed by atoms with E-state index < -0.39 is 5.82 Å². The van der Waals surface area contributed by atoms with E-state index >= 15 is 0 Å². The lowest BCUT2D eigenvalue weighted by atomic mass is 10.0. The zero-order valence-electron chi connectivity index (χ0n) is 15.4. The Morgan fingerprint density at radius 2 is 1.64 bits per heavy atom. The number of nitrogens with zero attached hydrogens (tertiary/aromatic N) is 2. The molecule has 3 amide bonds. The number of thioether (sulfide) groups is 1. The second kappa shape index (κ2) is 7.83. The fraction of sp³-hybridized carbons (Fsp3) is 0.333. The van der Waals surface area contributed by atoms with Crippen molar-refractivity contribution < 1.29 is 14.0 Å². The van der Waals surface area contributed by atoms with Crippen LogP contribution in [0, 0.1) is 5.82 Å². The molecule has 0 aromatic heterocycles. The van der Waals surface area contributed by atoms with Crippen LogP contribution in [0.15, 0.2) is 54.6 Å². The number of rotatable bonds is 2. The molecule has 1 spiro atoms. The monoisotopic (exact) mass is 399 g/mol. The number of likely N-dealkylation sites (tertiary alicyclic amines) is 1. The number of nitrogens with one attached hydrogen (secondary N) is 1. The molecule has 2 aliphatic rings. The molecule has 146 valence electrons. The molecule has 2 heterocycles. The molecule has 2 fully saturated rings. The standard InChI is InChI=1S/C21H22FN3O2S/c22-18-9-5-4-8-17(18)19(26)25-14-15-28-21(25)10-12-24(13-11-21)20(27)23-16-6-2-1-3-7-16/h1-9H,10-15H2,(H,23,27). The SMILES string of the molecule is O=C(Nc1ccccc1)N1CCC2(CC1)SCCN2C(=O)c1ccccc1F. The molecule has 0 unspecified atom stereocenters. The summed E-state index contributed by atoms with van der Waals surface area (Å²) in [6.07, 6.45) is 1.36. The number of halogens is 1. The van der Waals surface area contributed by atoms with Crippen molar-refractivity contribution in [1.82, 2.24) is 9.80 Å². The zero-order valence-corrected chi connectivity index (χ0v) is 16.3. The molecular weight excluding hydrogens is 377 g/mol. The summed E-state index contributed by atoms with van der Waals surface area (Å²) in [6, 6.07) is 15.4. The van der Waals surface area contributed by atoms with Gasteiger partial charge in [-0.15, -0.1) is 11.8 Å². The Balaban J connectivity index is 1.43. The maximum absolute atomic E-state index is 14.1. The van der Waals surface area contributed by atoms with E-state index in [1.165, 1.54) is 12.1 Å². The minimum absolute atomic E-state index is 0.119. The Hall–Kier alpha value is -2.54. The van der Waals surface area contributed by atoms with Gasteiger partial charge < -0.3 is 15.1 Å². The van der Waals surface area contributed by atoms with Gasteiger partial charge in [-0.25, -0.2) is 9.18 Å². The van der Waals surface area contributed by atoms with Crippen LogP contribution < -0.4 is 5.32 Å². The molecule has 2 aromatic rings. The van der Waals surface area contributed by atoms with Gasteiger partial charge in [0.25, 0.3) is 5.91 Å². The lowest BCUT2D eigenvalue weighted by Crippen LogP contribution is -2.54.